The molecule has 2 aromatic carbocycles. The van der Waals surface area contributed by atoms with Crippen LogP contribution in [0.15, 0.2) is 48.5 Å². The number of methoxy groups -OCH3 is 2. The first-order valence-electron chi connectivity index (χ1n) is 7.83. The molecular formula is C19H19NO5. The van der Waals surface area contributed by atoms with E-state index in [0.717, 1.165) is 5.56 Å². The van der Waals surface area contributed by atoms with Gasteiger partial charge in [0.05, 0.1) is 14.2 Å². The Kier molecular flexibility index (Phi) is 4.61. The number of rotatable bonds is 5. The minimum Gasteiger partial charge on any atom is -0.497 e. The molecule has 0 radical (unpaired) electrons. The van der Waals surface area contributed by atoms with E-state index in [2.05, 4.69) is 0 Å². The highest BCUT2D eigenvalue weighted by Crippen LogP contribution is 2.38. The first kappa shape index (κ1) is 16.8. The maximum Gasteiger partial charge on any atom is 0.415 e. The summed E-state index contributed by atoms with van der Waals surface area (Å²) in [6, 6.07) is 13.8. The van der Waals surface area contributed by atoms with E-state index >= 15 is 0 Å². The Morgan fingerprint density at radius 3 is 1.96 bits per heavy atom. The number of carbonyl (C=O) groups excluding carboxylic acids is 2. The van der Waals surface area contributed by atoms with E-state index in [0.29, 0.717) is 17.2 Å². The minimum absolute atomic E-state index is 0.204. The molecule has 1 fully saturated rings. The molecule has 6 nitrogen and oxygen atoms in total. The lowest BCUT2D eigenvalue weighted by atomic mass is 9.98. The van der Waals surface area contributed by atoms with Gasteiger partial charge < -0.3 is 14.2 Å². The van der Waals surface area contributed by atoms with E-state index in [1.54, 1.807) is 50.6 Å². The molecule has 0 spiro atoms. The lowest BCUT2D eigenvalue weighted by molar-refractivity contribution is -0.124. The van der Waals surface area contributed by atoms with Crippen molar-refractivity contribution in [2.45, 2.75) is 19.1 Å². The van der Waals surface area contributed by atoms with Crippen LogP contribution in [-0.4, -0.2) is 32.2 Å². The second-order valence-corrected chi connectivity index (χ2v) is 5.70. The van der Waals surface area contributed by atoms with E-state index in [9.17, 15) is 9.59 Å². The average molecular weight is 341 g/mol. The van der Waals surface area contributed by atoms with Crippen LogP contribution in [0.5, 0.6) is 11.5 Å². The van der Waals surface area contributed by atoms with Crippen LogP contribution in [0, 0.1) is 0 Å². The summed E-state index contributed by atoms with van der Waals surface area (Å²) in [6.07, 6.45) is -1.41. The van der Waals surface area contributed by atoms with Crippen molar-refractivity contribution in [2.75, 3.05) is 19.1 Å². The van der Waals surface area contributed by atoms with Gasteiger partial charge in [-0.15, -0.1) is 0 Å². The van der Waals surface area contributed by atoms with E-state index in [1.165, 1.54) is 11.8 Å². The first-order chi connectivity index (χ1) is 12.0. The molecule has 130 valence electrons. The third kappa shape index (κ3) is 3.15. The van der Waals surface area contributed by atoms with Crippen molar-refractivity contribution in [1.29, 1.82) is 0 Å². The van der Waals surface area contributed by atoms with Gasteiger partial charge in [0.15, 0.2) is 11.9 Å². The number of ether oxygens (including phenoxy) is 3. The van der Waals surface area contributed by atoms with Crippen LogP contribution in [0.1, 0.15) is 18.5 Å². The number of carbonyl (C=O) groups is 2. The van der Waals surface area contributed by atoms with Crippen LogP contribution in [0.4, 0.5) is 10.5 Å². The molecule has 1 aliphatic heterocycles. The highest BCUT2D eigenvalue weighted by molar-refractivity contribution is 5.97. The maximum absolute atomic E-state index is 12.4. The Bertz CT molecular complexity index is 769. The van der Waals surface area contributed by atoms with Crippen molar-refractivity contribution in [3.63, 3.8) is 0 Å². The lowest BCUT2D eigenvalue weighted by Crippen LogP contribution is -2.31. The number of cyclic esters (lactones) is 1. The Hall–Kier alpha value is -3.02. The van der Waals surface area contributed by atoms with Crippen molar-refractivity contribution in [1.82, 2.24) is 0 Å². The molecule has 1 amide bonds. The number of Topliss-reactive ketones (excluding diaryl/α,β-unsaturated/α-hetero) is 1. The molecule has 0 aromatic heterocycles. The second-order valence-electron chi connectivity index (χ2n) is 5.70. The van der Waals surface area contributed by atoms with Gasteiger partial charge in [-0.05, 0) is 48.9 Å². The van der Waals surface area contributed by atoms with E-state index in [1.807, 2.05) is 12.1 Å². The second kappa shape index (κ2) is 6.84. The summed E-state index contributed by atoms with van der Waals surface area (Å²) in [5.41, 5.74) is 1.43. The quantitative estimate of drug-likeness (QED) is 0.834. The summed E-state index contributed by atoms with van der Waals surface area (Å²) >= 11 is 0. The third-order valence-corrected chi connectivity index (χ3v) is 4.20. The van der Waals surface area contributed by atoms with Crippen LogP contribution in [0.2, 0.25) is 0 Å². The molecule has 3 rings (SSSR count). The molecule has 0 unspecified atom stereocenters. The van der Waals surface area contributed by atoms with Gasteiger partial charge in [0.2, 0.25) is 0 Å². The zero-order valence-electron chi connectivity index (χ0n) is 14.3. The van der Waals surface area contributed by atoms with Crippen molar-refractivity contribution in [3.05, 3.63) is 54.1 Å². The zero-order chi connectivity index (χ0) is 18.0. The summed E-state index contributed by atoms with van der Waals surface area (Å²) in [6.45, 7) is 1.42. The number of hydrogen-bond donors (Lipinski definition) is 0. The van der Waals surface area contributed by atoms with Gasteiger partial charge in [0, 0.05) is 5.69 Å². The topological polar surface area (TPSA) is 65.1 Å². The van der Waals surface area contributed by atoms with Crippen molar-refractivity contribution in [2.24, 2.45) is 0 Å². The fraction of sp³-hybridized carbons (Fsp3) is 0.263. The van der Waals surface area contributed by atoms with E-state index < -0.39 is 18.2 Å². The first-order valence-corrected chi connectivity index (χ1v) is 7.83. The standard InChI is InChI=1S/C19H19NO5/c1-12(21)18-17(13-4-8-15(23-2)9-5-13)20(19(22)25-18)14-6-10-16(24-3)11-7-14/h4-11,17-18H,1-3H3/t17-,18-/m1/s1. The smallest absolute Gasteiger partial charge is 0.415 e. The van der Waals surface area contributed by atoms with Crippen LogP contribution in [-0.2, 0) is 9.53 Å². The molecule has 6 heteroatoms. The van der Waals surface area contributed by atoms with Gasteiger partial charge in [-0.2, -0.15) is 0 Å². The monoisotopic (exact) mass is 341 g/mol. The fourth-order valence-electron chi connectivity index (χ4n) is 2.92. The van der Waals surface area contributed by atoms with Crippen molar-refractivity contribution >= 4 is 17.6 Å². The van der Waals surface area contributed by atoms with E-state index in [-0.39, 0.29) is 5.78 Å². The SMILES string of the molecule is COc1ccc([C@@H]2[C@@H](C(C)=O)OC(=O)N2c2ccc(OC)cc2)cc1. The number of amides is 1. The zero-order valence-corrected chi connectivity index (χ0v) is 14.3. The minimum atomic E-state index is -0.858. The molecule has 1 aliphatic rings. The number of hydrogen-bond acceptors (Lipinski definition) is 5. The highest BCUT2D eigenvalue weighted by Gasteiger charge is 2.46. The van der Waals surface area contributed by atoms with Gasteiger partial charge in [-0.1, -0.05) is 12.1 Å². The van der Waals surface area contributed by atoms with Crippen LogP contribution < -0.4 is 14.4 Å². The Labute approximate surface area is 145 Å². The van der Waals surface area contributed by atoms with Crippen molar-refractivity contribution in [3.8, 4) is 11.5 Å². The molecule has 0 aliphatic carbocycles. The lowest BCUT2D eigenvalue weighted by Gasteiger charge is -2.24. The summed E-state index contributed by atoms with van der Waals surface area (Å²) in [5, 5.41) is 0. The molecule has 0 N–H and O–H groups in total. The van der Waals surface area contributed by atoms with Gasteiger partial charge in [0.1, 0.15) is 17.5 Å². The Morgan fingerprint density at radius 2 is 1.48 bits per heavy atom. The van der Waals surface area contributed by atoms with Crippen LogP contribution >= 0.6 is 0 Å². The Balaban J connectivity index is 2.03. The highest BCUT2D eigenvalue weighted by atomic mass is 16.6. The molecule has 1 saturated heterocycles. The molecule has 1 heterocycles. The number of ketones is 1. The fourth-order valence-corrected chi connectivity index (χ4v) is 2.92. The predicted molar refractivity (Wildman–Crippen MR) is 92.2 cm³/mol. The molecular weight excluding hydrogens is 322 g/mol. The summed E-state index contributed by atoms with van der Waals surface area (Å²) < 4.78 is 15.7. The van der Waals surface area contributed by atoms with Crippen LogP contribution in [0.25, 0.3) is 0 Å². The summed E-state index contributed by atoms with van der Waals surface area (Å²) in [7, 11) is 3.16. The van der Waals surface area contributed by atoms with Gasteiger partial charge in [0.25, 0.3) is 0 Å². The third-order valence-electron chi connectivity index (χ3n) is 4.20. The molecule has 0 bridgehead atoms. The number of anilines is 1. The number of benzene rings is 2. The maximum atomic E-state index is 12.4. The molecule has 2 atom stereocenters. The van der Waals surface area contributed by atoms with Crippen molar-refractivity contribution < 1.29 is 23.8 Å². The summed E-state index contributed by atoms with van der Waals surface area (Å²) in [4.78, 5) is 26.0. The Morgan fingerprint density at radius 1 is 0.960 bits per heavy atom. The summed E-state index contributed by atoms with van der Waals surface area (Å²) in [5.74, 6) is 1.18. The number of nitrogens with zero attached hydrogens (tertiary/aromatic N) is 1. The average Bonchev–Trinajstić information content (AvgIpc) is 2.99. The van der Waals surface area contributed by atoms with Gasteiger partial charge in [-0.25, -0.2) is 4.79 Å². The van der Waals surface area contributed by atoms with E-state index in [4.69, 9.17) is 14.2 Å². The predicted octanol–water partition coefficient (Wildman–Crippen LogP) is 3.36. The largest absolute Gasteiger partial charge is 0.497 e. The normalized spacial score (nSPS) is 19.5. The van der Waals surface area contributed by atoms with Gasteiger partial charge >= 0.3 is 6.09 Å². The molecule has 25 heavy (non-hydrogen) atoms. The van der Waals surface area contributed by atoms with Gasteiger partial charge in [-0.3, -0.25) is 9.69 Å². The molecule has 2 aromatic rings. The molecule has 0 saturated carbocycles. The van der Waals surface area contributed by atoms with Crippen LogP contribution in [0.3, 0.4) is 0 Å².